The molecule has 0 saturated carbocycles. The van der Waals surface area contributed by atoms with Crippen molar-refractivity contribution >= 4 is 23.5 Å². The maximum atomic E-state index is 13.6. The van der Waals surface area contributed by atoms with Crippen LogP contribution < -0.4 is 5.73 Å². The second-order valence-electron chi connectivity index (χ2n) is 8.99. The lowest BCUT2D eigenvalue weighted by Gasteiger charge is -2.45. The Bertz CT molecular complexity index is 1190. The number of allylic oxidation sites excluding steroid dienone is 3. The van der Waals surface area contributed by atoms with Gasteiger partial charge in [0.2, 0.25) is 5.78 Å². The van der Waals surface area contributed by atoms with Crippen molar-refractivity contribution < 1.29 is 34.8 Å². The molecule has 0 radical (unpaired) electrons. The minimum atomic E-state index is -2.54. The Morgan fingerprint density at radius 3 is 2.55 bits per heavy atom. The molecule has 8 nitrogen and oxygen atoms in total. The van der Waals surface area contributed by atoms with Gasteiger partial charge in [-0.1, -0.05) is 25.5 Å². The van der Waals surface area contributed by atoms with Gasteiger partial charge in [-0.05, 0) is 49.3 Å². The predicted molar refractivity (Wildman–Crippen MR) is 120 cm³/mol. The SMILES string of the molecule is C/C=C/c1cc(CCC)c2c(c1O)C(=O)C1=C(O)[C@]3(O)C(=O)C(C(N)=O)=C(O)C[C@@H]3C[C@@H]1C2. The Balaban J connectivity index is 1.93. The number of aliphatic hydroxyl groups is 3. The molecule has 3 atom stereocenters. The van der Waals surface area contributed by atoms with Gasteiger partial charge in [0, 0.05) is 23.5 Å². The van der Waals surface area contributed by atoms with Gasteiger partial charge in [-0.3, -0.25) is 14.4 Å². The van der Waals surface area contributed by atoms with Gasteiger partial charge in [0.1, 0.15) is 22.8 Å². The zero-order valence-corrected chi connectivity index (χ0v) is 18.5. The number of carbonyl (C=O) groups excluding carboxylic acids is 3. The third kappa shape index (κ3) is 3.12. The number of fused-ring (bicyclic) bond motifs is 3. The zero-order chi connectivity index (χ0) is 24.2. The van der Waals surface area contributed by atoms with Crippen molar-refractivity contribution in [3.05, 3.63) is 57.1 Å². The molecule has 1 aromatic carbocycles. The van der Waals surface area contributed by atoms with Crippen LogP contribution in [0, 0.1) is 11.8 Å². The number of hydrogen-bond acceptors (Lipinski definition) is 7. The van der Waals surface area contributed by atoms with Crippen LogP contribution in [0.1, 0.15) is 60.2 Å². The number of amides is 1. The average Bonchev–Trinajstić information content (AvgIpc) is 2.74. The maximum absolute atomic E-state index is 13.6. The number of rotatable bonds is 4. The van der Waals surface area contributed by atoms with E-state index in [-0.39, 0.29) is 29.7 Å². The molecule has 3 aliphatic rings. The molecule has 0 bridgehead atoms. The predicted octanol–water partition coefficient (Wildman–Crippen LogP) is 2.57. The van der Waals surface area contributed by atoms with E-state index in [0.717, 1.165) is 12.0 Å². The zero-order valence-electron chi connectivity index (χ0n) is 18.5. The van der Waals surface area contributed by atoms with Crippen molar-refractivity contribution in [3.8, 4) is 5.75 Å². The molecule has 0 spiro atoms. The Morgan fingerprint density at radius 2 is 1.94 bits per heavy atom. The first kappa shape index (κ1) is 22.8. The van der Waals surface area contributed by atoms with Gasteiger partial charge in [-0.25, -0.2) is 0 Å². The highest BCUT2D eigenvalue weighted by Gasteiger charge is 2.59. The van der Waals surface area contributed by atoms with Gasteiger partial charge in [0.05, 0.1) is 5.56 Å². The number of carbonyl (C=O) groups is 3. The van der Waals surface area contributed by atoms with Crippen molar-refractivity contribution in [2.75, 3.05) is 0 Å². The number of phenolic OH excluding ortho intramolecular Hbond substituents is 1. The average molecular weight is 453 g/mol. The van der Waals surface area contributed by atoms with Crippen molar-refractivity contribution in [1.82, 2.24) is 0 Å². The largest absolute Gasteiger partial charge is 0.511 e. The van der Waals surface area contributed by atoms with E-state index in [1.807, 2.05) is 13.0 Å². The summed E-state index contributed by atoms with van der Waals surface area (Å²) in [7, 11) is 0. The van der Waals surface area contributed by atoms with E-state index in [4.69, 9.17) is 5.73 Å². The van der Waals surface area contributed by atoms with Crippen LogP contribution in [0.3, 0.4) is 0 Å². The van der Waals surface area contributed by atoms with Crippen LogP contribution in [0.5, 0.6) is 5.75 Å². The molecule has 0 heterocycles. The molecule has 174 valence electrons. The third-order valence-electron chi connectivity index (χ3n) is 7.05. The first-order valence-corrected chi connectivity index (χ1v) is 11.1. The van der Waals surface area contributed by atoms with Gasteiger partial charge >= 0.3 is 0 Å². The van der Waals surface area contributed by atoms with E-state index in [0.29, 0.717) is 24.0 Å². The number of benzene rings is 1. The van der Waals surface area contributed by atoms with Gasteiger partial charge in [0.25, 0.3) is 5.91 Å². The van der Waals surface area contributed by atoms with Crippen LogP contribution in [0.2, 0.25) is 0 Å². The Labute approximate surface area is 190 Å². The van der Waals surface area contributed by atoms with Crippen LogP contribution >= 0.6 is 0 Å². The minimum absolute atomic E-state index is 0.0608. The lowest BCUT2D eigenvalue weighted by atomic mass is 9.60. The number of ketones is 2. The number of aromatic hydroxyl groups is 1. The second kappa shape index (κ2) is 7.88. The monoisotopic (exact) mass is 453 g/mol. The number of primary amides is 1. The highest BCUT2D eigenvalue weighted by Crippen LogP contribution is 2.52. The third-order valence-corrected chi connectivity index (χ3v) is 7.05. The molecule has 0 fully saturated rings. The number of Topliss-reactive ketones (excluding diaryl/α,β-unsaturated/α-hetero) is 2. The standard InChI is InChI=1S/C25H27NO7/c1-3-5-11-7-12(6-4-2)20(28)18-15(11)9-13-8-14-10-16(27)19(24(26)32)23(31)25(14,33)22(30)17(13)21(18)29/h4,6-7,13-14,27-28,30,33H,3,5,8-10H2,1-2H3,(H2,26,32)/b6-4+/t13-,14+,25+/m1/s1. The Hall–Kier alpha value is -3.39. The van der Waals surface area contributed by atoms with Crippen molar-refractivity contribution in [2.24, 2.45) is 17.6 Å². The minimum Gasteiger partial charge on any atom is -0.511 e. The van der Waals surface area contributed by atoms with Crippen molar-refractivity contribution in [3.63, 3.8) is 0 Å². The number of aliphatic hydroxyl groups excluding tert-OH is 2. The van der Waals surface area contributed by atoms with Gasteiger partial charge < -0.3 is 26.2 Å². The molecule has 0 aliphatic heterocycles. The molecule has 33 heavy (non-hydrogen) atoms. The van der Waals surface area contributed by atoms with Crippen LogP contribution in [0.15, 0.2) is 34.8 Å². The van der Waals surface area contributed by atoms with Crippen LogP contribution in [0.25, 0.3) is 6.08 Å². The number of phenols is 1. The smallest absolute Gasteiger partial charge is 0.255 e. The summed E-state index contributed by atoms with van der Waals surface area (Å²) >= 11 is 0. The Morgan fingerprint density at radius 1 is 1.24 bits per heavy atom. The summed E-state index contributed by atoms with van der Waals surface area (Å²) in [6, 6.07) is 1.86. The molecule has 6 N–H and O–H groups in total. The Kier molecular flexibility index (Phi) is 5.44. The van der Waals surface area contributed by atoms with Crippen molar-refractivity contribution in [2.45, 2.75) is 51.6 Å². The summed E-state index contributed by atoms with van der Waals surface area (Å²) in [6.45, 7) is 3.80. The highest BCUT2D eigenvalue weighted by atomic mass is 16.3. The van der Waals surface area contributed by atoms with Crippen LogP contribution in [-0.2, 0) is 22.4 Å². The number of aryl methyl sites for hydroxylation is 1. The fourth-order valence-corrected chi connectivity index (χ4v) is 5.59. The maximum Gasteiger partial charge on any atom is 0.255 e. The van der Waals surface area contributed by atoms with E-state index in [1.54, 1.807) is 19.1 Å². The molecular weight excluding hydrogens is 426 g/mol. The van der Waals surface area contributed by atoms with E-state index < -0.39 is 52.0 Å². The summed E-state index contributed by atoms with van der Waals surface area (Å²) in [6.07, 6.45) is 5.16. The number of hydrogen-bond donors (Lipinski definition) is 5. The molecule has 1 amide bonds. The topological polar surface area (TPSA) is 158 Å². The fraction of sp³-hybridized carbons (Fsp3) is 0.400. The molecule has 4 rings (SSSR count). The fourth-order valence-electron chi connectivity index (χ4n) is 5.59. The van der Waals surface area contributed by atoms with E-state index in [9.17, 15) is 34.8 Å². The molecule has 3 aliphatic carbocycles. The lowest BCUT2D eigenvalue weighted by molar-refractivity contribution is -0.144. The second-order valence-corrected chi connectivity index (χ2v) is 8.99. The summed E-state index contributed by atoms with van der Waals surface area (Å²) in [5.74, 6) is -6.11. The van der Waals surface area contributed by atoms with Crippen molar-refractivity contribution in [1.29, 1.82) is 0 Å². The van der Waals surface area contributed by atoms with E-state index in [1.165, 1.54) is 0 Å². The van der Waals surface area contributed by atoms with E-state index >= 15 is 0 Å². The first-order chi connectivity index (χ1) is 15.6. The summed E-state index contributed by atoms with van der Waals surface area (Å²) in [5.41, 5.74) is 3.90. The molecule has 0 aromatic heterocycles. The molecule has 8 heteroatoms. The quantitative estimate of drug-likeness (QED) is 0.438. The normalized spacial score (nSPS) is 27.0. The molecule has 1 aromatic rings. The summed E-state index contributed by atoms with van der Waals surface area (Å²) < 4.78 is 0. The summed E-state index contributed by atoms with van der Waals surface area (Å²) in [4.78, 5) is 38.3. The van der Waals surface area contributed by atoms with Gasteiger partial charge in [-0.2, -0.15) is 0 Å². The molecule has 0 unspecified atom stereocenters. The molecule has 0 saturated heterocycles. The molecular formula is C25H27NO7. The lowest BCUT2D eigenvalue weighted by Crippen LogP contribution is -2.57. The van der Waals surface area contributed by atoms with Gasteiger partial charge in [-0.15, -0.1) is 0 Å². The van der Waals surface area contributed by atoms with Crippen LogP contribution in [-0.4, -0.2) is 43.5 Å². The van der Waals surface area contributed by atoms with Crippen LogP contribution in [0.4, 0.5) is 0 Å². The van der Waals surface area contributed by atoms with Gasteiger partial charge in [0.15, 0.2) is 11.4 Å². The summed E-state index contributed by atoms with van der Waals surface area (Å²) in [5, 5.41) is 43.5. The first-order valence-electron chi connectivity index (χ1n) is 11.1. The van der Waals surface area contributed by atoms with E-state index in [2.05, 4.69) is 0 Å². The highest BCUT2D eigenvalue weighted by molar-refractivity contribution is 6.24. The number of nitrogens with two attached hydrogens (primary N) is 1.